The number of carbonyl (C=O) groups is 2. The van der Waals surface area contributed by atoms with Gasteiger partial charge in [0.25, 0.3) is 5.54 Å². The van der Waals surface area contributed by atoms with Crippen molar-refractivity contribution in [2.45, 2.75) is 71.4 Å². The smallest absolute Gasteiger partial charge is 0.351 e. The van der Waals surface area contributed by atoms with Gasteiger partial charge in [0.15, 0.2) is 5.96 Å². The normalized spacial score (nSPS) is 12.1. The average Bonchev–Trinajstić information content (AvgIpc) is 2.71. The summed E-state index contributed by atoms with van der Waals surface area (Å²) in [5.41, 5.74) is 9.45. The Balaban J connectivity index is 2.41. The lowest BCUT2D eigenvalue weighted by Gasteiger charge is -2.32. The van der Waals surface area contributed by atoms with Gasteiger partial charge in [-0.25, -0.2) is 14.6 Å². The van der Waals surface area contributed by atoms with E-state index in [9.17, 15) is 9.59 Å². The van der Waals surface area contributed by atoms with Gasteiger partial charge in [0.05, 0.1) is 0 Å². The third-order valence-electron chi connectivity index (χ3n) is 4.66. The maximum atomic E-state index is 13.4. The number of benzene rings is 2. The highest BCUT2D eigenvalue weighted by molar-refractivity contribution is 6.31. The average molecular weight is 503 g/mol. The van der Waals surface area contributed by atoms with Gasteiger partial charge in [-0.1, -0.05) is 54.1 Å². The van der Waals surface area contributed by atoms with E-state index >= 15 is 0 Å². The highest BCUT2D eigenvalue weighted by Gasteiger charge is 2.53. The minimum Gasteiger partial charge on any atom is -0.457 e. The first-order chi connectivity index (χ1) is 16.1. The summed E-state index contributed by atoms with van der Waals surface area (Å²) in [6.07, 6.45) is 0. The molecule has 2 aromatic rings. The maximum Gasteiger partial charge on any atom is 0.351 e. The Morgan fingerprint density at radius 3 is 1.83 bits per heavy atom. The number of ether oxygens (including phenoxy) is 2. The van der Waals surface area contributed by atoms with Crippen molar-refractivity contribution in [2.24, 2.45) is 16.5 Å². The van der Waals surface area contributed by atoms with Gasteiger partial charge in [-0.3, -0.25) is 0 Å². The van der Waals surface area contributed by atoms with Crippen LogP contribution in [0.3, 0.4) is 0 Å². The van der Waals surface area contributed by atoms with E-state index in [1.165, 1.54) is 0 Å². The topological polar surface area (TPSA) is 129 Å². The second-order valence-corrected chi connectivity index (χ2v) is 10.5. The third kappa shape index (κ3) is 7.97. The Kier molecular flexibility index (Phi) is 8.92. The van der Waals surface area contributed by atoms with Crippen LogP contribution >= 0.6 is 11.6 Å². The molecule has 0 radical (unpaired) electrons. The zero-order valence-corrected chi connectivity index (χ0v) is 21.9. The van der Waals surface area contributed by atoms with Gasteiger partial charge in [0, 0.05) is 23.7 Å². The number of nitrogens with one attached hydrogen (secondary N) is 1. The molecule has 0 aliphatic carbocycles. The standard InChI is InChI=1S/C26H35ClN4O4/c1-24(2,3)34-21(32)26(31-23(28)29,22(33)35-25(4,5)6)19-13-11-17(12-14-19)15-30-16-18-9-7-8-10-20(18)27/h7-14,30H,15-16H2,1-6H3,(H4,28,29,31). The van der Waals surface area contributed by atoms with Gasteiger partial charge < -0.3 is 26.3 Å². The molecule has 0 aliphatic heterocycles. The Hall–Kier alpha value is -3.10. The van der Waals surface area contributed by atoms with Crippen LogP contribution in [-0.2, 0) is 37.7 Å². The summed E-state index contributed by atoms with van der Waals surface area (Å²) < 4.78 is 11.1. The van der Waals surface area contributed by atoms with Crippen LogP contribution in [-0.4, -0.2) is 29.1 Å². The van der Waals surface area contributed by atoms with Crippen molar-refractivity contribution >= 4 is 29.5 Å². The molecule has 2 aromatic carbocycles. The van der Waals surface area contributed by atoms with Crippen molar-refractivity contribution in [1.29, 1.82) is 0 Å². The van der Waals surface area contributed by atoms with Crippen LogP contribution in [0.2, 0.25) is 5.02 Å². The van der Waals surface area contributed by atoms with E-state index in [1.54, 1.807) is 65.8 Å². The molecule has 8 nitrogen and oxygen atoms in total. The fourth-order valence-electron chi connectivity index (χ4n) is 3.22. The number of esters is 2. The SMILES string of the molecule is CC(C)(C)OC(=O)C(N=C(N)N)(C(=O)OC(C)(C)C)c1ccc(CNCc2ccccc2Cl)cc1. The van der Waals surface area contributed by atoms with Crippen molar-refractivity contribution in [2.75, 3.05) is 0 Å². The number of nitrogens with zero attached hydrogens (tertiary/aromatic N) is 1. The number of hydrogen-bond acceptors (Lipinski definition) is 6. The fourth-order valence-corrected chi connectivity index (χ4v) is 3.42. The summed E-state index contributed by atoms with van der Waals surface area (Å²) in [4.78, 5) is 30.9. The monoisotopic (exact) mass is 502 g/mol. The number of hydrogen-bond donors (Lipinski definition) is 3. The summed E-state index contributed by atoms with van der Waals surface area (Å²) in [5.74, 6) is -2.32. The van der Waals surface area contributed by atoms with Crippen LogP contribution in [0.4, 0.5) is 0 Å². The Morgan fingerprint density at radius 2 is 1.37 bits per heavy atom. The second-order valence-electron chi connectivity index (χ2n) is 10.1. The number of aliphatic imine (C=N–C) groups is 1. The quantitative estimate of drug-likeness (QED) is 0.217. The predicted molar refractivity (Wildman–Crippen MR) is 138 cm³/mol. The molecule has 0 heterocycles. The second kappa shape index (κ2) is 11.1. The lowest BCUT2D eigenvalue weighted by Crippen LogP contribution is -2.50. The van der Waals surface area contributed by atoms with Gasteiger partial charge in [0.1, 0.15) is 11.2 Å². The van der Waals surface area contributed by atoms with Gasteiger partial charge in [-0.2, -0.15) is 0 Å². The summed E-state index contributed by atoms with van der Waals surface area (Å²) in [7, 11) is 0. The third-order valence-corrected chi connectivity index (χ3v) is 5.03. The summed E-state index contributed by atoms with van der Waals surface area (Å²) >= 11 is 6.21. The largest absolute Gasteiger partial charge is 0.457 e. The summed E-state index contributed by atoms with van der Waals surface area (Å²) in [6.45, 7) is 11.2. The zero-order valence-electron chi connectivity index (χ0n) is 21.1. The summed E-state index contributed by atoms with van der Waals surface area (Å²) in [5, 5.41) is 4.01. The van der Waals surface area contributed by atoms with Crippen molar-refractivity contribution in [3.8, 4) is 0 Å². The molecule has 190 valence electrons. The molecule has 35 heavy (non-hydrogen) atoms. The molecule has 0 spiro atoms. The van der Waals surface area contributed by atoms with E-state index < -0.39 is 34.6 Å². The van der Waals surface area contributed by atoms with E-state index in [4.69, 9.17) is 32.5 Å². The number of nitrogens with two attached hydrogens (primary N) is 2. The van der Waals surface area contributed by atoms with Crippen molar-refractivity contribution in [3.05, 3.63) is 70.2 Å². The Labute approximate surface area is 212 Å². The van der Waals surface area contributed by atoms with E-state index in [0.717, 1.165) is 11.1 Å². The van der Waals surface area contributed by atoms with Gasteiger partial charge in [-0.15, -0.1) is 0 Å². The van der Waals surface area contributed by atoms with Crippen LogP contribution in [0.5, 0.6) is 0 Å². The lowest BCUT2D eigenvalue weighted by atomic mass is 9.89. The molecule has 0 saturated carbocycles. The van der Waals surface area contributed by atoms with E-state index in [1.807, 2.05) is 24.3 Å². The molecule has 0 unspecified atom stereocenters. The Bertz CT molecular complexity index is 1040. The predicted octanol–water partition coefficient (Wildman–Crippen LogP) is 3.78. The molecule has 0 aromatic heterocycles. The van der Waals surface area contributed by atoms with Crippen molar-refractivity contribution in [1.82, 2.24) is 5.32 Å². The molecule has 5 N–H and O–H groups in total. The molecule has 0 atom stereocenters. The molecule has 0 bridgehead atoms. The van der Waals surface area contributed by atoms with Crippen LogP contribution < -0.4 is 16.8 Å². The molecule has 9 heteroatoms. The van der Waals surface area contributed by atoms with Gasteiger partial charge in [0.2, 0.25) is 0 Å². The first kappa shape index (κ1) is 28.1. The number of carbonyl (C=O) groups excluding carboxylic acids is 2. The molecule has 0 fully saturated rings. The van der Waals surface area contributed by atoms with Crippen LogP contribution in [0.25, 0.3) is 0 Å². The van der Waals surface area contributed by atoms with Crippen molar-refractivity contribution < 1.29 is 19.1 Å². The zero-order chi connectivity index (χ0) is 26.4. The Morgan fingerprint density at radius 1 is 0.857 bits per heavy atom. The lowest BCUT2D eigenvalue weighted by molar-refractivity contribution is -0.177. The molecule has 0 amide bonds. The van der Waals surface area contributed by atoms with E-state index in [0.29, 0.717) is 18.1 Å². The molecule has 2 rings (SSSR count). The first-order valence-corrected chi connectivity index (χ1v) is 11.6. The van der Waals surface area contributed by atoms with Crippen LogP contribution in [0.1, 0.15) is 58.2 Å². The van der Waals surface area contributed by atoms with E-state index in [2.05, 4.69) is 10.3 Å². The first-order valence-electron chi connectivity index (χ1n) is 11.3. The van der Waals surface area contributed by atoms with Crippen molar-refractivity contribution in [3.63, 3.8) is 0 Å². The molecular formula is C26H35ClN4O4. The molecule has 0 aliphatic rings. The maximum absolute atomic E-state index is 13.4. The number of halogens is 1. The number of guanidine groups is 1. The highest BCUT2D eigenvalue weighted by Crippen LogP contribution is 2.33. The van der Waals surface area contributed by atoms with Gasteiger partial charge in [-0.05, 0) is 58.7 Å². The van der Waals surface area contributed by atoms with Crippen LogP contribution in [0, 0.1) is 0 Å². The minimum atomic E-state index is -2.22. The van der Waals surface area contributed by atoms with Crippen LogP contribution in [0.15, 0.2) is 53.5 Å². The molecular weight excluding hydrogens is 468 g/mol. The molecule has 0 saturated heterocycles. The minimum absolute atomic E-state index is 0.226. The van der Waals surface area contributed by atoms with E-state index in [-0.39, 0.29) is 5.56 Å². The highest BCUT2D eigenvalue weighted by atomic mass is 35.5. The summed E-state index contributed by atoms with van der Waals surface area (Å²) in [6, 6.07) is 14.4. The van der Waals surface area contributed by atoms with Gasteiger partial charge >= 0.3 is 11.9 Å². The number of rotatable bonds is 8. The fraction of sp³-hybridized carbons (Fsp3) is 0.423.